The van der Waals surface area contributed by atoms with E-state index in [1.165, 1.54) is 0 Å². The number of carbonyl (C=O) groups is 1. The van der Waals surface area contributed by atoms with Crippen molar-refractivity contribution in [2.45, 2.75) is 32.6 Å². The van der Waals surface area contributed by atoms with E-state index in [0.717, 1.165) is 11.1 Å². The van der Waals surface area contributed by atoms with E-state index in [1.54, 1.807) is 6.08 Å². The fourth-order valence-corrected chi connectivity index (χ4v) is 1.89. The Balaban J connectivity index is 3.14. The molecule has 0 spiro atoms. The summed E-state index contributed by atoms with van der Waals surface area (Å²) in [5.41, 5.74) is 1.49. The summed E-state index contributed by atoms with van der Waals surface area (Å²) in [7, 11) is 0. The monoisotopic (exact) mass is 232 g/mol. The van der Waals surface area contributed by atoms with Crippen molar-refractivity contribution in [2.24, 2.45) is 0 Å². The van der Waals surface area contributed by atoms with Crippen LogP contribution in [0.25, 0.3) is 0 Å². The molecule has 0 aliphatic heterocycles. The van der Waals surface area contributed by atoms with Crippen molar-refractivity contribution in [1.82, 2.24) is 0 Å². The minimum Gasteiger partial charge on any atom is -0.465 e. The number of hydrogen-bond donors (Lipinski definition) is 0. The summed E-state index contributed by atoms with van der Waals surface area (Å²) < 4.78 is 5.17. The highest BCUT2D eigenvalue weighted by atomic mass is 16.5. The molecule has 0 bridgehead atoms. The van der Waals surface area contributed by atoms with Crippen LogP contribution in [-0.4, -0.2) is 12.6 Å². The first-order valence-corrected chi connectivity index (χ1v) is 5.90. The molecular weight excluding hydrogens is 212 g/mol. The lowest BCUT2D eigenvalue weighted by Crippen LogP contribution is -2.34. The summed E-state index contributed by atoms with van der Waals surface area (Å²) in [5, 5.41) is 0. The van der Waals surface area contributed by atoms with Crippen LogP contribution in [0.4, 0.5) is 0 Å². The van der Waals surface area contributed by atoms with Gasteiger partial charge in [0.25, 0.3) is 0 Å². The molecule has 0 radical (unpaired) electrons. The van der Waals surface area contributed by atoms with Gasteiger partial charge >= 0.3 is 5.97 Å². The van der Waals surface area contributed by atoms with Gasteiger partial charge in [0.15, 0.2) is 0 Å². The van der Waals surface area contributed by atoms with Crippen molar-refractivity contribution in [3.63, 3.8) is 0 Å². The first-order chi connectivity index (χ1) is 8.04. The zero-order valence-corrected chi connectivity index (χ0v) is 10.8. The summed E-state index contributed by atoms with van der Waals surface area (Å²) in [6, 6.07) is 7.97. The van der Waals surface area contributed by atoms with Crippen LogP contribution in [0.1, 0.15) is 31.4 Å². The number of aryl methyl sites for hydroxylation is 1. The second kappa shape index (κ2) is 5.67. The maximum absolute atomic E-state index is 12.1. The molecule has 2 heteroatoms. The maximum Gasteiger partial charge on any atom is 0.316 e. The molecule has 1 aromatic carbocycles. The summed E-state index contributed by atoms with van der Waals surface area (Å²) >= 11 is 0. The summed E-state index contributed by atoms with van der Waals surface area (Å²) in [5.74, 6) is -0.189. The summed E-state index contributed by atoms with van der Waals surface area (Å²) in [6.45, 7) is 9.87. The molecule has 0 fully saturated rings. The highest BCUT2D eigenvalue weighted by Crippen LogP contribution is 2.30. The number of esters is 1. The van der Waals surface area contributed by atoms with Gasteiger partial charge in [0.05, 0.1) is 12.0 Å². The molecule has 1 aromatic rings. The number of carbonyl (C=O) groups excluding carboxylic acids is 1. The van der Waals surface area contributed by atoms with Crippen molar-refractivity contribution < 1.29 is 9.53 Å². The Morgan fingerprint density at radius 3 is 2.76 bits per heavy atom. The quantitative estimate of drug-likeness (QED) is 0.574. The fourth-order valence-electron chi connectivity index (χ4n) is 1.89. The van der Waals surface area contributed by atoms with Crippen LogP contribution < -0.4 is 0 Å². The van der Waals surface area contributed by atoms with Crippen molar-refractivity contribution in [3.8, 4) is 0 Å². The Labute approximate surface area is 103 Å². The van der Waals surface area contributed by atoms with E-state index in [9.17, 15) is 4.79 Å². The van der Waals surface area contributed by atoms with Gasteiger partial charge in [-0.25, -0.2) is 0 Å². The van der Waals surface area contributed by atoms with E-state index < -0.39 is 5.41 Å². The molecule has 0 aliphatic carbocycles. The molecule has 0 amide bonds. The van der Waals surface area contributed by atoms with E-state index in [1.807, 2.05) is 45.0 Å². The molecule has 92 valence electrons. The average molecular weight is 232 g/mol. The highest BCUT2D eigenvalue weighted by molar-refractivity contribution is 5.83. The van der Waals surface area contributed by atoms with E-state index in [2.05, 4.69) is 6.58 Å². The van der Waals surface area contributed by atoms with Crippen LogP contribution >= 0.6 is 0 Å². The van der Waals surface area contributed by atoms with E-state index in [4.69, 9.17) is 4.74 Å². The molecule has 0 aliphatic rings. The molecule has 2 nitrogen and oxygen atoms in total. The van der Waals surface area contributed by atoms with Gasteiger partial charge in [-0.1, -0.05) is 35.9 Å². The van der Waals surface area contributed by atoms with Gasteiger partial charge < -0.3 is 4.74 Å². The van der Waals surface area contributed by atoms with Crippen molar-refractivity contribution in [1.29, 1.82) is 0 Å². The second-order valence-electron chi connectivity index (χ2n) is 4.41. The number of allylic oxidation sites excluding steroid dienone is 1. The molecule has 0 N–H and O–H groups in total. The van der Waals surface area contributed by atoms with Crippen LogP contribution in [0.2, 0.25) is 0 Å². The molecule has 1 unspecified atom stereocenters. The number of hydrogen-bond acceptors (Lipinski definition) is 2. The lowest BCUT2D eigenvalue weighted by Gasteiger charge is -2.26. The van der Waals surface area contributed by atoms with Gasteiger partial charge in [-0.05, 0) is 32.8 Å². The lowest BCUT2D eigenvalue weighted by atomic mass is 9.79. The number of benzene rings is 1. The van der Waals surface area contributed by atoms with Crippen LogP contribution in [0.5, 0.6) is 0 Å². The Kier molecular flexibility index (Phi) is 4.50. The van der Waals surface area contributed by atoms with Gasteiger partial charge in [-0.15, -0.1) is 6.58 Å². The average Bonchev–Trinajstić information content (AvgIpc) is 2.29. The van der Waals surface area contributed by atoms with Crippen LogP contribution in [0.15, 0.2) is 36.9 Å². The van der Waals surface area contributed by atoms with Gasteiger partial charge in [0.2, 0.25) is 0 Å². The largest absolute Gasteiger partial charge is 0.465 e. The fraction of sp³-hybridized carbons (Fsp3) is 0.400. The lowest BCUT2D eigenvalue weighted by molar-refractivity contribution is -0.149. The maximum atomic E-state index is 12.1. The first kappa shape index (κ1) is 13.5. The molecule has 0 saturated carbocycles. The predicted octanol–water partition coefficient (Wildman–Crippen LogP) is 3.39. The Morgan fingerprint density at radius 1 is 1.53 bits per heavy atom. The van der Waals surface area contributed by atoms with Gasteiger partial charge in [0, 0.05) is 0 Å². The number of ether oxygens (including phenoxy) is 1. The predicted molar refractivity (Wildman–Crippen MR) is 70.0 cm³/mol. The smallest absolute Gasteiger partial charge is 0.316 e. The third-order valence-corrected chi connectivity index (χ3v) is 2.93. The van der Waals surface area contributed by atoms with E-state index in [0.29, 0.717) is 13.0 Å². The summed E-state index contributed by atoms with van der Waals surface area (Å²) in [6.07, 6.45) is 2.34. The second-order valence-corrected chi connectivity index (χ2v) is 4.41. The molecule has 17 heavy (non-hydrogen) atoms. The minimum atomic E-state index is -0.635. The molecule has 1 rings (SSSR count). The van der Waals surface area contributed by atoms with Gasteiger partial charge in [-0.3, -0.25) is 4.79 Å². The molecule has 0 saturated heterocycles. The Hall–Kier alpha value is -1.57. The van der Waals surface area contributed by atoms with E-state index >= 15 is 0 Å². The Bertz CT molecular complexity index is 409. The van der Waals surface area contributed by atoms with Gasteiger partial charge in [0.1, 0.15) is 0 Å². The Morgan fingerprint density at radius 2 is 2.24 bits per heavy atom. The zero-order valence-electron chi connectivity index (χ0n) is 10.8. The minimum absolute atomic E-state index is 0.189. The molecule has 0 heterocycles. The van der Waals surface area contributed by atoms with E-state index in [-0.39, 0.29) is 5.97 Å². The summed E-state index contributed by atoms with van der Waals surface area (Å²) in [4.78, 5) is 12.1. The van der Waals surface area contributed by atoms with Crippen molar-refractivity contribution >= 4 is 5.97 Å². The third-order valence-electron chi connectivity index (χ3n) is 2.93. The topological polar surface area (TPSA) is 26.3 Å². The normalized spacial score (nSPS) is 13.8. The van der Waals surface area contributed by atoms with Crippen molar-refractivity contribution in [3.05, 3.63) is 48.0 Å². The van der Waals surface area contributed by atoms with Crippen LogP contribution in [0, 0.1) is 6.92 Å². The molecule has 0 aromatic heterocycles. The standard InChI is InChI=1S/C15H20O2/c1-5-10-15(4,14(16)17-6-2)13-9-7-8-12(3)11-13/h5,7-9,11H,1,6,10H2,2-4H3. The molecule has 1 atom stereocenters. The SMILES string of the molecule is C=CCC(C)(C(=O)OCC)c1cccc(C)c1. The van der Waals surface area contributed by atoms with Crippen LogP contribution in [-0.2, 0) is 14.9 Å². The first-order valence-electron chi connectivity index (χ1n) is 5.90. The van der Waals surface area contributed by atoms with Crippen LogP contribution in [0.3, 0.4) is 0 Å². The van der Waals surface area contributed by atoms with Gasteiger partial charge in [-0.2, -0.15) is 0 Å². The van der Waals surface area contributed by atoms with Crippen molar-refractivity contribution in [2.75, 3.05) is 6.61 Å². The third kappa shape index (κ3) is 2.96. The highest BCUT2D eigenvalue weighted by Gasteiger charge is 2.35. The molecular formula is C15H20O2. The number of rotatable bonds is 5. The zero-order chi connectivity index (χ0) is 12.9.